The van der Waals surface area contributed by atoms with Gasteiger partial charge in [0.1, 0.15) is 0 Å². The van der Waals surface area contributed by atoms with Gasteiger partial charge in [-0.3, -0.25) is 14.5 Å². The molecule has 0 radical (unpaired) electrons. The van der Waals surface area contributed by atoms with Crippen molar-refractivity contribution < 1.29 is 14.3 Å². The van der Waals surface area contributed by atoms with Crippen molar-refractivity contribution >= 4 is 11.9 Å². The van der Waals surface area contributed by atoms with Gasteiger partial charge in [-0.1, -0.05) is 48.5 Å². The van der Waals surface area contributed by atoms with Crippen LogP contribution in [0.5, 0.6) is 0 Å². The first-order valence-corrected chi connectivity index (χ1v) is 8.20. The minimum Gasteiger partial charge on any atom is -0.437 e. The van der Waals surface area contributed by atoms with Crippen molar-refractivity contribution in [2.75, 3.05) is 0 Å². The Hall–Kier alpha value is -2.62. The minimum absolute atomic E-state index is 0.0329. The highest BCUT2D eigenvalue weighted by Crippen LogP contribution is 2.36. The van der Waals surface area contributed by atoms with Gasteiger partial charge in [0.25, 0.3) is 5.91 Å². The van der Waals surface area contributed by atoms with Gasteiger partial charge >= 0.3 is 5.97 Å². The van der Waals surface area contributed by atoms with Crippen molar-refractivity contribution in [1.29, 1.82) is 0 Å². The van der Waals surface area contributed by atoms with Crippen molar-refractivity contribution in [2.45, 2.75) is 39.0 Å². The molecule has 3 rings (SSSR count). The van der Waals surface area contributed by atoms with Crippen LogP contribution in [0.3, 0.4) is 0 Å². The van der Waals surface area contributed by atoms with Crippen molar-refractivity contribution in [1.82, 2.24) is 4.90 Å². The predicted molar refractivity (Wildman–Crippen MR) is 91.3 cm³/mol. The summed E-state index contributed by atoms with van der Waals surface area (Å²) in [5, 5.41) is 0. The first-order chi connectivity index (χ1) is 11.6. The van der Waals surface area contributed by atoms with Crippen molar-refractivity contribution in [3.8, 4) is 0 Å². The molecule has 124 valence electrons. The molecule has 0 unspecified atom stereocenters. The van der Waals surface area contributed by atoms with Gasteiger partial charge in [0, 0.05) is 24.1 Å². The summed E-state index contributed by atoms with van der Waals surface area (Å²) in [6, 6.07) is 17.5. The zero-order chi connectivity index (χ0) is 17.1. The van der Waals surface area contributed by atoms with Crippen LogP contribution in [0.25, 0.3) is 0 Å². The van der Waals surface area contributed by atoms with Gasteiger partial charge < -0.3 is 4.74 Å². The summed E-state index contributed by atoms with van der Waals surface area (Å²) in [5.74, 6) is -0.456. The minimum atomic E-state index is -0.628. The van der Waals surface area contributed by atoms with Crippen LogP contribution in [0.2, 0.25) is 0 Å². The molecular weight excluding hydrogens is 302 g/mol. The second-order valence-electron chi connectivity index (χ2n) is 6.13. The fourth-order valence-corrected chi connectivity index (χ4v) is 3.17. The average molecular weight is 323 g/mol. The quantitative estimate of drug-likeness (QED) is 0.788. The molecule has 4 nitrogen and oxygen atoms in total. The van der Waals surface area contributed by atoms with Crippen LogP contribution < -0.4 is 0 Å². The van der Waals surface area contributed by atoms with Gasteiger partial charge in [0.15, 0.2) is 0 Å². The first kappa shape index (κ1) is 16.2. The Morgan fingerprint density at radius 2 is 1.79 bits per heavy atom. The highest BCUT2D eigenvalue weighted by Gasteiger charge is 2.40. The summed E-state index contributed by atoms with van der Waals surface area (Å²) in [7, 11) is 0. The number of benzene rings is 2. The van der Waals surface area contributed by atoms with Crippen LogP contribution in [0.15, 0.2) is 54.6 Å². The molecule has 0 spiro atoms. The molecule has 0 aromatic heterocycles. The Balaban J connectivity index is 1.80. The molecule has 2 atom stereocenters. The van der Waals surface area contributed by atoms with E-state index in [2.05, 4.69) is 12.1 Å². The maximum atomic E-state index is 12.8. The third-order valence-corrected chi connectivity index (χ3v) is 4.39. The normalized spacial score (nSPS) is 17.5. The SMILES string of the molecule is CC(=O)O[C@@H]1c2ccccc2C(=O)N1[C@H](C)CCc1ccccc1. The monoisotopic (exact) mass is 323 g/mol. The van der Waals surface area contributed by atoms with Crippen LogP contribution in [-0.4, -0.2) is 22.8 Å². The second kappa shape index (κ2) is 6.87. The smallest absolute Gasteiger partial charge is 0.304 e. The lowest BCUT2D eigenvalue weighted by Crippen LogP contribution is -2.38. The molecule has 0 saturated heterocycles. The molecule has 2 aromatic rings. The van der Waals surface area contributed by atoms with Gasteiger partial charge in [-0.2, -0.15) is 0 Å². The highest BCUT2D eigenvalue weighted by atomic mass is 16.6. The lowest BCUT2D eigenvalue weighted by atomic mass is 10.1. The van der Waals surface area contributed by atoms with E-state index in [0.717, 1.165) is 18.4 Å². The van der Waals surface area contributed by atoms with Gasteiger partial charge in [0.2, 0.25) is 6.23 Å². The zero-order valence-corrected chi connectivity index (χ0v) is 13.9. The van der Waals surface area contributed by atoms with Gasteiger partial charge in [-0.05, 0) is 31.4 Å². The number of nitrogens with zero attached hydrogens (tertiary/aromatic N) is 1. The topological polar surface area (TPSA) is 46.6 Å². The fourth-order valence-electron chi connectivity index (χ4n) is 3.17. The van der Waals surface area contributed by atoms with Crippen LogP contribution in [0.1, 0.15) is 48.0 Å². The van der Waals surface area contributed by atoms with Crippen molar-refractivity contribution in [3.05, 3.63) is 71.3 Å². The van der Waals surface area contributed by atoms with E-state index in [4.69, 9.17) is 4.74 Å². The van der Waals surface area contributed by atoms with Crippen molar-refractivity contribution in [3.63, 3.8) is 0 Å². The number of fused-ring (bicyclic) bond motifs is 1. The summed E-state index contributed by atoms with van der Waals surface area (Å²) < 4.78 is 5.46. The summed E-state index contributed by atoms with van der Waals surface area (Å²) in [4.78, 5) is 26.0. The van der Waals surface area contributed by atoms with E-state index in [1.54, 1.807) is 11.0 Å². The molecular formula is C20H21NO3. The maximum Gasteiger partial charge on any atom is 0.304 e. The molecule has 0 N–H and O–H groups in total. The molecule has 0 aliphatic carbocycles. The number of hydrogen-bond acceptors (Lipinski definition) is 3. The summed E-state index contributed by atoms with van der Waals surface area (Å²) in [5.41, 5.74) is 2.62. The molecule has 0 saturated carbocycles. The van der Waals surface area contributed by atoms with Gasteiger partial charge in [-0.15, -0.1) is 0 Å². The second-order valence-corrected chi connectivity index (χ2v) is 6.13. The Morgan fingerprint density at radius 1 is 1.12 bits per heavy atom. The van der Waals surface area contributed by atoms with E-state index in [1.165, 1.54) is 12.5 Å². The van der Waals surface area contributed by atoms with Crippen LogP contribution >= 0.6 is 0 Å². The molecule has 1 aliphatic heterocycles. The predicted octanol–water partition coefficient (Wildman–Crippen LogP) is 3.73. The molecule has 2 aromatic carbocycles. The fraction of sp³-hybridized carbons (Fsp3) is 0.300. The standard InChI is InChI=1S/C20H21NO3/c1-14(12-13-16-8-4-3-5-9-16)21-19(23)17-10-6-7-11-18(17)20(21)24-15(2)22/h3-11,14,20H,12-13H2,1-2H3/t14-,20-/m1/s1. The van der Waals surface area contributed by atoms with Gasteiger partial charge in [0.05, 0.1) is 0 Å². The Morgan fingerprint density at radius 3 is 2.50 bits per heavy atom. The van der Waals surface area contributed by atoms with E-state index >= 15 is 0 Å². The van der Waals surface area contributed by atoms with Crippen molar-refractivity contribution in [2.24, 2.45) is 0 Å². The zero-order valence-electron chi connectivity index (χ0n) is 13.9. The Bertz CT molecular complexity index is 742. The molecule has 0 bridgehead atoms. The van der Waals surface area contributed by atoms with Crippen LogP contribution in [-0.2, 0) is 16.0 Å². The Labute approximate surface area is 142 Å². The molecule has 1 aliphatic rings. The molecule has 24 heavy (non-hydrogen) atoms. The van der Waals surface area contributed by atoms with Crippen LogP contribution in [0.4, 0.5) is 0 Å². The van der Waals surface area contributed by atoms with E-state index in [1.807, 2.05) is 43.3 Å². The molecule has 0 fully saturated rings. The van der Waals surface area contributed by atoms with Crippen LogP contribution in [0, 0.1) is 0 Å². The summed E-state index contributed by atoms with van der Waals surface area (Å²) in [6.07, 6.45) is 1.05. The molecule has 1 heterocycles. The lowest BCUT2D eigenvalue weighted by molar-refractivity contribution is -0.155. The highest BCUT2D eigenvalue weighted by molar-refractivity contribution is 5.99. The largest absolute Gasteiger partial charge is 0.437 e. The number of aryl methyl sites for hydroxylation is 1. The third-order valence-electron chi connectivity index (χ3n) is 4.39. The number of hydrogen-bond donors (Lipinski definition) is 0. The number of amides is 1. The first-order valence-electron chi connectivity index (χ1n) is 8.20. The van der Waals surface area contributed by atoms with E-state index in [0.29, 0.717) is 5.56 Å². The Kier molecular flexibility index (Phi) is 4.65. The number of rotatable bonds is 5. The third kappa shape index (κ3) is 3.18. The van der Waals surface area contributed by atoms with E-state index < -0.39 is 6.23 Å². The van der Waals surface area contributed by atoms with Gasteiger partial charge in [-0.25, -0.2) is 0 Å². The van der Waals surface area contributed by atoms with E-state index in [9.17, 15) is 9.59 Å². The molecule has 4 heteroatoms. The average Bonchev–Trinajstić information content (AvgIpc) is 2.86. The summed E-state index contributed by atoms with van der Waals surface area (Å²) in [6.45, 7) is 3.38. The summed E-state index contributed by atoms with van der Waals surface area (Å²) >= 11 is 0. The maximum absolute atomic E-state index is 12.8. The van der Waals surface area contributed by atoms with E-state index in [-0.39, 0.29) is 17.9 Å². The lowest BCUT2D eigenvalue weighted by Gasteiger charge is -2.30. The molecule has 1 amide bonds. The number of carbonyl (C=O) groups excluding carboxylic acids is 2. The number of carbonyl (C=O) groups is 2. The number of esters is 1. The number of ether oxygens (including phenoxy) is 1.